The minimum atomic E-state index is 0. The van der Waals surface area contributed by atoms with Crippen LogP contribution in [0, 0.1) is 0 Å². The Morgan fingerprint density at radius 1 is 0.714 bits per heavy atom. The van der Waals surface area contributed by atoms with E-state index in [-0.39, 0.29) is 31.0 Å². The zero-order chi connectivity index (χ0) is 9.78. The molecule has 0 aromatic carbocycles. The summed E-state index contributed by atoms with van der Waals surface area (Å²) in [5.74, 6) is 0. The summed E-state index contributed by atoms with van der Waals surface area (Å²) in [6.45, 7) is 3.14. The van der Waals surface area contributed by atoms with Crippen LogP contribution in [0.1, 0.15) is 72.6 Å². The maximum atomic E-state index is 5.42. The first-order valence-corrected chi connectivity index (χ1v) is 6.12. The fraction of sp³-hybridized carbons (Fsp3) is 1.00. The summed E-state index contributed by atoms with van der Waals surface area (Å²) in [5.41, 5.74) is 5.42. The van der Waals surface area contributed by atoms with Crippen molar-refractivity contribution in [2.45, 2.75) is 71.1 Å². The van der Waals surface area contributed by atoms with Gasteiger partial charge in [0.25, 0.3) is 0 Å². The molecule has 0 radical (unpaired) electrons. The van der Waals surface area contributed by atoms with Gasteiger partial charge in [0.15, 0.2) is 0 Å². The molecule has 0 fully saturated rings. The maximum Gasteiger partial charge on any atom is 1.00 e. The van der Waals surface area contributed by atoms with Crippen LogP contribution in [0.5, 0.6) is 0 Å². The molecule has 0 unspecified atom stereocenters. The van der Waals surface area contributed by atoms with Gasteiger partial charge in [0.2, 0.25) is 0 Å². The number of hydrogen-bond acceptors (Lipinski definition) is 1. The molecule has 0 aliphatic heterocycles. The van der Waals surface area contributed by atoms with Gasteiger partial charge in [-0.2, -0.15) is 0 Å². The quantitative estimate of drug-likeness (QED) is 0.421. The Morgan fingerprint density at radius 3 is 1.43 bits per heavy atom. The van der Waals surface area contributed by atoms with Gasteiger partial charge in [-0.25, -0.2) is 0 Å². The molecule has 0 amide bonds. The van der Waals surface area contributed by atoms with E-state index in [1.807, 2.05) is 0 Å². The molecule has 82 valence electrons. The molecule has 0 rings (SSSR count). The second kappa shape index (κ2) is 16.4. The average Bonchev–Trinajstić information content (AvgIpc) is 2.16. The molecule has 2 N–H and O–H groups in total. The van der Waals surface area contributed by atoms with Crippen LogP contribution in [0.2, 0.25) is 0 Å². The van der Waals surface area contributed by atoms with E-state index in [1.54, 1.807) is 0 Å². The van der Waals surface area contributed by atoms with Gasteiger partial charge in [-0.15, -0.1) is 0 Å². The van der Waals surface area contributed by atoms with E-state index >= 15 is 0 Å². The van der Waals surface area contributed by atoms with Gasteiger partial charge in [-0.3, -0.25) is 0 Å². The Kier molecular flexibility index (Phi) is 20.3. The van der Waals surface area contributed by atoms with Gasteiger partial charge in [-0.05, 0) is 13.0 Å². The van der Waals surface area contributed by atoms with Crippen molar-refractivity contribution >= 4 is 0 Å². The molecule has 0 aliphatic rings. The molecule has 2 heteroatoms. The van der Waals surface area contributed by atoms with Crippen molar-refractivity contribution < 1.29 is 31.0 Å². The van der Waals surface area contributed by atoms with Crippen molar-refractivity contribution in [1.82, 2.24) is 0 Å². The van der Waals surface area contributed by atoms with Crippen molar-refractivity contribution in [1.29, 1.82) is 0 Å². The Hall–Kier alpha value is 0.960. The molecule has 0 bridgehead atoms. The van der Waals surface area contributed by atoms with E-state index < -0.39 is 0 Å². The largest absolute Gasteiger partial charge is 1.00 e. The molecule has 0 atom stereocenters. The Bertz CT molecular complexity index is 81.7. The van der Waals surface area contributed by atoms with E-state index in [2.05, 4.69) is 6.92 Å². The molecule has 0 heterocycles. The van der Waals surface area contributed by atoms with Gasteiger partial charge in [-0.1, -0.05) is 64.7 Å². The van der Waals surface area contributed by atoms with Gasteiger partial charge in [0.05, 0.1) is 0 Å². The van der Waals surface area contributed by atoms with Crippen molar-refractivity contribution in [3.8, 4) is 0 Å². The van der Waals surface area contributed by atoms with E-state index in [1.165, 1.54) is 64.2 Å². The fourth-order valence-corrected chi connectivity index (χ4v) is 1.63. The zero-order valence-electron chi connectivity index (χ0n) is 11.4. The first-order chi connectivity index (χ1) is 6.41. The van der Waals surface area contributed by atoms with E-state index in [4.69, 9.17) is 5.73 Å². The van der Waals surface area contributed by atoms with E-state index in [0.717, 1.165) is 6.54 Å². The standard InChI is InChI=1S/C12H27N.Na.H/c1-2-3-4-5-6-7-8-9-10-11-12-13;;/h2-13H2,1H3;;/q;+1;-1. The molecule has 0 aromatic heterocycles. The Labute approximate surface area is 114 Å². The predicted octanol–water partition coefficient (Wildman–Crippen LogP) is 0.983. The molecule has 0 aliphatic carbocycles. The summed E-state index contributed by atoms with van der Waals surface area (Å²) in [7, 11) is 0. The van der Waals surface area contributed by atoms with Crippen LogP contribution < -0.4 is 35.3 Å². The van der Waals surface area contributed by atoms with Crippen LogP contribution in [0.15, 0.2) is 0 Å². The van der Waals surface area contributed by atoms with Gasteiger partial charge in [0, 0.05) is 0 Å². The number of hydrogen-bond donors (Lipinski definition) is 1. The van der Waals surface area contributed by atoms with Crippen molar-refractivity contribution in [2.75, 3.05) is 6.54 Å². The number of rotatable bonds is 10. The molecular weight excluding hydrogens is 181 g/mol. The average molecular weight is 209 g/mol. The number of nitrogens with two attached hydrogens (primary N) is 1. The van der Waals surface area contributed by atoms with Crippen molar-refractivity contribution in [2.24, 2.45) is 5.73 Å². The second-order valence-corrected chi connectivity index (χ2v) is 3.97. The summed E-state index contributed by atoms with van der Waals surface area (Å²) in [4.78, 5) is 0. The molecule has 0 spiro atoms. The van der Waals surface area contributed by atoms with Crippen LogP contribution in [0.3, 0.4) is 0 Å². The molecule has 0 saturated carbocycles. The second-order valence-electron chi connectivity index (χ2n) is 3.97. The monoisotopic (exact) mass is 209 g/mol. The summed E-state index contributed by atoms with van der Waals surface area (Å²) in [6.07, 6.45) is 13.9. The van der Waals surface area contributed by atoms with E-state index in [9.17, 15) is 0 Å². The summed E-state index contributed by atoms with van der Waals surface area (Å²) in [5, 5.41) is 0. The van der Waals surface area contributed by atoms with Crippen molar-refractivity contribution in [3.05, 3.63) is 0 Å². The molecule has 1 nitrogen and oxygen atoms in total. The van der Waals surface area contributed by atoms with E-state index in [0.29, 0.717) is 0 Å². The van der Waals surface area contributed by atoms with Crippen LogP contribution in [-0.4, -0.2) is 6.54 Å². The van der Waals surface area contributed by atoms with Crippen LogP contribution in [-0.2, 0) is 0 Å². The SMILES string of the molecule is CCCCCCCCCCCCN.[H-].[Na+]. The molecule has 0 aromatic rings. The van der Waals surface area contributed by atoms with Gasteiger partial charge >= 0.3 is 29.6 Å². The first kappa shape index (κ1) is 17.4. The third-order valence-corrected chi connectivity index (χ3v) is 2.56. The van der Waals surface area contributed by atoms with Gasteiger partial charge < -0.3 is 7.16 Å². The minimum absolute atomic E-state index is 0. The minimum Gasteiger partial charge on any atom is -1.00 e. The number of unbranched alkanes of at least 4 members (excludes halogenated alkanes) is 9. The zero-order valence-corrected chi connectivity index (χ0v) is 12.4. The van der Waals surface area contributed by atoms with Gasteiger partial charge in [0.1, 0.15) is 0 Å². The normalized spacial score (nSPS) is 9.86. The predicted molar refractivity (Wildman–Crippen MR) is 62.0 cm³/mol. The molecule has 0 saturated heterocycles. The van der Waals surface area contributed by atoms with Crippen molar-refractivity contribution in [3.63, 3.8) is 0 Å². The smallest absolute Gasteiger partial charge is 1.00 e. The van der Waals surface area contributed by atoms with Crippen LogP contribution in [0.4, 0.5) is 0 Å². The van der Waals surface area contributed by atoms with Crippen LogP contribution >= 0.6 is 0 Å². The third-order valence-electron chi connectivity index (χ3n) is 2.56. The fourth-order valence-electron chi connectivity index (χ4n) is 1.63. The first-order valence-electron chi connectivity index (χ1n) is 6.12. The molecule has 14 heavy (non-hydrogen) atoms. The summed E-state index contributed by atoms with van der Waals surface area (Å²) in [6, 6.07) is 0. The Morgan fingerprint density at radius 2 is 1.07 bits per heavy atom. The topological polar surface area (TPSA) is 26.0 Å². The van der Waals surface area contributed by atoms with Crippen LogP contribution in [0.25, 0.3) is 0 Å². The molecular formula is C12H28NNa. The summed E-state index contributed by atoms with van der Waals surface area (Å²) < 4.78 is 0. The summed E-state index contributed by atoms with van der Waals surface area (Å²) >= 11 is 0. The third kappa shape index (κ3) is 15.4. The maximum absolute atomic E-state index is 5.42. The Balaban J connectivity index is -0.000000720.